The maximum atomic E-state index is 12.2. The Morgan fingerprint density at radius 3 is 2.95 bits per heavy atom. The normalized spacial score (nSPS) is 20.7. The van der Waals surface area contributed by atoms with Gasteiger partial charge in [-0.25, -0.2) is 9.71 Å². The van der Waals surface area contributed by atoms with Crippen LogP contribution < -0.4 is 10.5 Å². The number of nitrogens with two attached hydrogens (primary N) is 1. The Morgan fingerprint density at radius 1 is 1.38 bits per heavy atom. The number of aromatic nitrogens is 2. The van der Waals surface area contributed by atoms with Gasteiger partial charge in [0.15, 0.2) is 0 Å². The highest BCUT2D eigenvalue weighted by Gasteiger charge is 2.27. The lowest BCUT2D eigenvalue weighted by Gasteiger charge is -2.31. The van der Waals surface area contributed by atoms with Crippen molar-refractivity contribution >= 4 is 10.2 Å². The standard InChI is InChI=1S/C13H25N5O2S/c14-10-13-4-3-8-18(11-13)21(19,20)16-5-1-2-7-17-9-6-15-12-17/h6,9,12-13,16H,1-5,7-8,10-11,14H2. The molecule has 8 heteroatoms. The number of unbranched alkanes of at least 4 members (excludes halogenated alkanes) is 1. The molecule has 7 nitrogen and oxygen atoms in total. The van der Waals surface area contributed by atoms with Crippen LogP contribution in [0.3, 0.4) is 0 Å². The lowest BCUT2D eigenvalue weighted by Crippen LogP contribution is -2.47. The Hall–Kier alpha value is -0.960. The molecule has 1 fully saturated rings. The number of piperidine rings is 1. The summed E-state index contributed by atoms with van der Waals surface area (Å²) in [7, 11) is -3.35. The minimum absolute atomic E-state index is 0.288. The fourth-order valence-corrected chi connectivity index (χ4v) is 3.93. The number of imidazole rings is 1. The number of aryl methyl sites for hydroxylation is 1. The second-order valence-electron chi connectivity index (χ2n) is 5.51. The fraction of sp³-hybridized carbons (Fsp3) is 0.769. The molecular weight excluding hydrogens is 290 g/mol. The average Bonchev–Trinajstić information content (AvgIpc) is 3.00. The van der Waals surface area contributed by atoms with Gasteiger partial charge in [-0.15, -0.1) is 0 Å². The first-order valence-corrected chi connectivity index (χ1v) is 8.96. The molecule has 1 aromatic heterocycles. The highest BCUT2D eigenvalue weighted by Crippen LogP contribution is 2.17. The molecule has 1 unspecified atom stereocenters. The van der Waals surface area contributed by atoms with E-state index in [1.54, 1.807) is 12.5 Å². The first-order valence-electron chi connectivity index (χ1n) is 7.52. The van der Waals surface area contributed by atoms with Crippen LogP contribution in [-0.4, -0.2) is 48.5 Å². The Morgan fingerprint density at radius 2 is 2.24 bits per heavy atom. The molecule has 0 spiro atoms. The second-order valence-corrected chi connectivity index (χ2v) is 7.26. The summed E-state index contributed by atoms with van der Waals surface area (Å²) < 4.78 is 30.6. The van der Waals surface area contributed by atoms with Gasteiger partial charge in [0.05, 0.1) is 6.33 Å². The van der Waals surface area contributed by atoms with Crippen molar-refractivity contribution in [2.24, 2.45) is 11.7 Å². The van der Waals surface area contributed by atoms with E-state index >= 15 is 0 Å². The minimum Gasteiger partial charge on any atom is -0.337 e. The van der Waals surface area contributed by atoms with Gasteiger partial charge in [-0.2, -0.15) is 12.7 Å². The van der Waals surface area contributed by atoms with E-state index < -0.39 is 10.2 Å². The molecule has 1 aliphatic rings. The van der Waals surface area contributed by atoms with E-state index in [0.717, 1.165) is 32.2 Å². The molecule has 1 aromatic rings. The summed E-state index contributed by atoms with van der Waals surface area (Å²) >= 11 is 0. The van der Waals surface area contributed by atoms with Gasteiger partial charge in [0.25, 0.3) is 10.2 Å². The summed E-state index contributed by atoms with van der Waals surface area (Å²) in [5.74, 6) is 0.288. The zero-order valence-electron chi connectivity index (χ0n) is 12.3. The molecule has 2 rings (SSSR count). The molecule has 1 atom stereocenters. The van der Waals surface area contributed by atoms with E-state index in [9.17, 15) is 8.42 Å². The van der Waals surface area contributed by atoms with Crippen LogP contribution in [0.5, 0.6) is 0 Å². The van der Waals surface area contributed by atoms with Crippen molar-refractivity contribution in [3.63, 3.8) is 0 Å². The van der Waals surface area contributed by atoms with Crippen molar-refractivity contribution in [3.05, 3.63) is 18.7 Å². The number of hydrogen-bond donors (Lipinski definition) is 2. The third kappa shape index (κ3) is 5.06. The smallest absolute Gasteiger partial charge is 0.279 e. The first kappa shape index (κ1) is 16.4. The quantitative estimate of drug-likeness (QED) is 0.669. The van der Waals surface area contributed by atoms with Crippen molar-refractivity contribution in [1.29, 1.82) is 0 Å². The molecule has 1 saturated heterocycles. The first-order chi connectivity index (χ1) is 10.1. The topological polar surface area (TPSA) is 93.2 Å². The molecule has 0 aromatic carbocycles. The highest BCUT2D eigenvalue weighted by molar-refractivity contribution is 7.87. The summed E-state index contributed by atoms with van der Waals surface area (Å²) in [6.07, 6.45) is 9.06. The molecule has 0 amide bonds. The van der Waals surface area contributed by atoms with E-state index in [2.05, 4.69) is 9.71 Å². The highest BCUT2D eigenvalue weighted by atomic mass is 32.2. The Labute approximate surface area is 126 Å². The molecular formula is C13H25N5O2S. The van der Waals surface area contributed by atoms with E-state index in [4.69, 9.17) is 5.73 Å². The summed E-state index contributed by atoms with van der Waals surface area (Å²) in [5, 5.41) is 0. The van der Waals surface area contributed by atoms with Gasteiger partial charge >= 0.3 is 0 Å². The molecule has 0 radical (unpaired) electrons. The van der Waals surface area contributed by atoms with Gasteiger partial charge in [-0.3, -0.25) is 0 Å². The lowest BCUT2D eigenvalue weighted by atomic mass is 10.0. The third-order valence-electron chi connectivity index (χ3n) is 3.84. The summed E-state index contributed by atoms with van der Waals surface area (Å²) in [5.41, 5.74) is 5.65. The summed E-state index contributed by atoms with van der Waals surface area (Å²) in [4.78, 5) is 3.97. The number of hydrogen-bond acceptors (Lipinski definition) is 4. The van der Waals surface area contributed by atoms with Crippen LogP contribution in [0.2, 0.25) is 0 Å². The van der Waals surface area contributed by atoms with Crippen molar-refractivity contribution in [3.8, 4) is 0 Å². The fourth-order valence-electron chi connectivity index (χ4n) is 2.57. The number of nitrogens with one attached hydrogen (secondary N) is 1. The minimum atomic E-state index is -3.35. The SMILES string of the molecule is NCC1CCCN(S(=O)(=O)NCCCCn2ccnc2)C1. The zero-order chi connectivity index (χ0) is 15.1. The van der Waals surface area contributed by atoms with Gasteiger partial charge in [0.1, 0.15) is 0 Å². The maximum absolute atomic E-state index is 12.2. The predicted molar refractivity (Wildman–Crippen MR) is 81.7 cm³/mol. The molecule has 0 bridgehead atoms. The van der Waals surface area contributed by atoms with E-state index in [0.29, 0.717) is 26.2 Å². The van der Waals surface area contributed by atoms with Crippen LogP contribution in [0.15, 0.2) is 18.7 Å². The Bertz CT molecular complexity index is 503. The average molecular weight is 315 g/mol. The summed E-state index contributed by atoms with van der Waals surface area (Å²) in [6, 6.07) is 0. The molecule has 0 saturated carbocycles. The van der Waals surface area contributed by atoms with Crippen LogP contribution in [0.25, 0.3) is 0 Å². The molecule has 21 heavy (non-hydrogen) atoms. The van der Waals surface area contributed by atoms with Crippen LogP contribution in [0.1, 0.15) is 25.7 Å². The van der Waals surface area contributed by atoms with Crippen LogP contribution >= 0.6 is 0 Å². The maximum Gasteiger partial charge on any atom is 0.279 e. The second kappa shape index (κ2) is 7.88. The molecule has 0 aliphatic carbocycles. The summed E-state index contributed by atoms with van der Waals surface area (Å²) in [6.45, 7) is 3.03. The van der Waals surface area contributed by atoms with E-state index in [1.807, 2.05) is 10.8 Å². The molecule has 120 valence electrons. The number of nitrogens with zero attached hydrogens (tertiary/aromatic N) is 3. The van der Waals surface area contributed by atoms with E-state index in [-0.39, 0.29) is 5.92 Å². The largest absolute Gasteiger partial charge is 0.337 e. The third-order valence-corrected chi connectivity index (χ3v) is 5.42. The van der Waals surface area contributed by atoms with Crippen LogP contribution in [0.4, 0.5) is 0 Å². The van der Waals surface area contributed by atoms with Crippen molar-refractivity contribution in [1.82, 2.24) is 18.6 Å². The number of rotatable bonds is 8. The van der Waals surface area contributed by atoms with E-state index in [1.165, 1.54) is 4.31 Å². The van der Waals surface area contributed by atoms with Crippen molar-refractivity contribution in [2.75, 3.05) is 26.2 Å². The molecule has 3 N–H and O–H groups in total. The monoisotopic (exact) mass is 315 g/mol. The van der Waals surface area contributed by atoms with Crippen LogP contribution in [0, 0.1) is 5.92 Å². The Kier molecular flexibility index (Phi) is 6.16. The van der Waals surface area contributed by atoms with Gasteiger partial charge in [0.2, 0.25) is 0 Å². The van der Waals surface area contributed by atoms with Crippen molar-refractivity contribution in [2.45, 2.75) is 32.2 Å². The zero-order valence-corrected chi connectivity index (χ0v) is 13.1. The van der Waals surface area contributed by atoms with Crippen molar-refractivity contribution < 1.29 is 8.42 Å². The lowest BCUT2D eigenvalue weighted by molar-refractivity contribution is 0.268. The molecule has 2 heterocycles. The van der Waals surface area contributed by atoms with Gasteiger partial charge in [0, 0.05) is 38.6 Å². The molecule has 1 aliphatic heterocycles. The van der Waals surface area contributed by atoms with Gasteiger partial charge < -0.3 is 10.3 Å². The van der Waals surface area contributed by atoms with Crippen LogP contribution in [-0.2, 0) is 16.8 Å². The Balaban J connectivity index is 1.68. The predicted octanol–water partition coefficient (Wildman–Crippen LogP) is 0.168. The van der Waals surface area contributed by atoms with Gasteiger partial charge in [-0.1, -0.05) is 0 Å². The van der Waals surface area contributed by atoms with Gasteiger partial charge in [-0.05, 0) is 38.1 Å².